The molecule has 1 saturated carbocycles. The summed E-state index contributed by atoms with van der Waals surface area (Å²) >= 11 is 0. The molecule has 0 bridgehead atoms. The molecule has 1 unspecified atom stereocenters. The predicted octanol–water partition coefficient (Wildman–Crippen LogP) is 3.06. The first-order valence-electron chi connectivity index (χ1n) is 8.45. The lowest BCUT2D eigenvalue weighted by Crippen LogP contribution is -2.36. The van der Waals surface area contributed by atoms with E-state index < -0.39 is 0 Å². The zero-order chi connectivity index (χ0) is 16.5. The molecule has 0 radical (unpaired) electrons. The van der Waals surface area contributed by atoms with Crippen LogP contribution in [0.3, 0.4) is 0 Å². The number of nitrogens with zero attached hydrogens (tertiary/aromatic N) is 3. The van der Waals surface area contributed by atoms with Crippen LogP contribution in [0.2, 0.25) is 0 Å². The fraction of sp³-hybridized carbons (Fsp3) is 0.529. The van der Waals surface area contributed by atoms with Crippen molar-refractivity contribution >= 4 is 11.8 Å². The van der Waals surface area contributed by atoms with Gasteiger partial charge in [-0.05, 0) is 31.7 Å². The fourth-order valence-electron chi connectivity index (χ4n) is 3.09. The van der Waals surface area contributed by atoms with Crippen LogP contribution in [0.25, 0.3) is 0 Å². The highest BCUT2D eigenvalue weighted by atomic mass is 16.5. The number of hydrogen-bond donors (Lipinski definition) is 1. The number of aryl methyl sites for hydroxylation is 1. The number of anilines is 1. The highest BCUT2D eigenvalue weighted by Gasteiger charge is 2.33. The van der Waals surface area contributed by atoms with E-state index in [1.807, 2.05) is 24.1 Å². The number of nitrogens with one attached hydrogen (secondary N) is 1. The van der Waals surface area contributed by atoms with Crippen LogP contribution < -0.4 is 5.32 Å². The maximum absolute atomic E-state index is 12.7. The zero-order valence-electron chi connectivity index (χ0n) is 13.8. The highest BCUT2D eigenvalue weighted by molar-refractivity contribution is 5.89. The van der Waals surface area contributed by atoms with E-state index in [1.165, 1.54) is 0 Å². The number of furan rings is 1. The summed E-state index contributed by atoms with van der Waals surface area (Å²) in [5.41, 5.74) is 1.89. The second-order valence-electron chi connectivity index (χ2n) is 6.50. The molecule has 2 amide bonds. The molecule has 2 aliphatic rings. The number of carbonyl (C=O) groups excluding carboxylic acids is 1. The van der Waals surface area contributed by atoms with Gasteiger partial charge in [0.2, 0.25) is 0 Å². The van der Waals surface area contributed by atoms with Crippen molar-refractivity contribution in [2.24, 2.45) is 7.05 Å². The number of rotatable bonds is 5. The van der Waals surface area contributed by atoms with Crippen LogP contribution in [0.5, 0.6) is 0 Å². The van der Waals surface area contributed by atoms with Gasteiger partial charge in [-0.25, -0.2) is 4.79 Å². The summed E-state index contributed by atoms with van der Waals surface area (Å²) < 4.78 is 12.5. The number of carbonyl (C=O) groups is 1. The number of ether oxygens (including phenoxy) is 1. The minimum Gasteiger partial charge on any atom is -0.472 e. The third kappa shape index (κ3) is 3.17. The predicted molar refractivity (Wildman–Crippen MR) is 87.4 cm³/mol. The summed E-state index contributed by atoms with van der Waals surface area (Å²) in [5, 5.41) is 7.47. The second-order valence-corrected chi connectivity index (χ2v) is 6.50. The molecular formula is C17H22N4O3. The standard InChI is InChI=1S/C17H22N4O3/c1-20-16(9-14(19-20)15-3-2-7-24-15)18-17(22)21(13-4-5-13)10-12-6-8-23-11-12/h6,8-9,11,13,15H,2-5,7,10H2,1H3,(H,18,22). The molecule has 1 atom stereocenters. The first kappa shape index (κ1) is 15.3. The van der Waals surface area contributed by atoms with Gasteiger partial charge in [-0.1, -0.05) is 0 Å². The van der Waals surface area contributed by atoms with Crippen LogP contribution in [-0.2, 0) is 18.3 Å². The van der Waals surface area contributed by atoms with Gasteiger partial charge in [0.1, 0.15) is 11.9 Å². The average molecular weight is 330 g/mol. The molecule has 3 heterocycles. The average Bonchev–Trinajstić information content (AvgIpc) is 2.97. The summed E-state index contributed by atoms with van der Waals surface area (Å²) in [6.07, 6.45) is 7.51. The van der Waals surface area contributed by atoms with E-state index in [0.29, 0.717) is 18.4 Å². The monoisotopic (exact) mass is 330 g/mol. The third-order valence-corrected chi connectivity index (χ3v) is 4.57. The SMILES string of the molecule is Cn1nc(C2CCCO2)cc1NC(=O)N(Cc1ccoc1)C1CC1. The Morgan fingerprint density at radius 2 is 2.33 bits per heavy atom. The fourth-order valence-corrected chi connectivity index (χ4v) is 3.09. The molecule has 7 nitrogen and oxygen atoms in total. The molecule has 1 N–H and O–H groups in total. The Labute approximate surface area is 140 Å². The largest absolute Gasteiger partial charge is 0.472 e. The summed E-state index contributed by atoms with van der Waals surface area (Å²) in [7, 11) is 1.84. The Hall–Kier alpha value is -2.28. The zero-order valence-corrected chi connectivity index (χ0v) is 13.8. The van der Waals surface area contributed by atoms with Crippen molar-refractivity contribution in [1.82, 2.24) is 14.7 Å². The Bertz CT molecular complexity index is 699. The number of aromatic nitrogens is 2. The Balaban J connectivity index is 1.46. The Morgan fingerprint density at radius 3 is 3.00 bits per heavy atom. The van der Waals surface area contributed by atoms with Crippen molar-refractivity contribution in [1.29, 1.82) is 0 Å². The second kappa shape index (κ2) is 6.32. The van der Waals surface area contributed by atoms with E-state index in [9.17, 15) is 4.79 Å². The topological polar surface area (TPSA) is 72.5 Å². The van der Waals surface area contributed by atoms with Crippen molar-refractivity contribution in [3.63, 3.8) is 0 Å². The van der Waals surface area contributed by atoms with Crippen molar-refractivity contribution in [3.8, 4) is 0 Å². The number of amides is 2. The van der Waals surface area contributed by atoms with E-state index in [0.717, 1.165) is 43.5 Å². The third-order valence-electron chi connectivity index (χ3n) is 4.57. The van der Waals surface area contributed by atoms with Gasteiger partial charge in [0, 0.05) is 31.3 Å². The Morgan fingerprint density at radius 1 is 1.46 bits per heavy atom. The van der Waals surface area contributed by atoms with Crippen LogP contribution in [0.15, 0.2) is 29.1 Å². The maximum atomic E-state index is 12.7. The summed E-state index contributed by atoms with van der Waals surface area (Å²) in [4.78, 5) is 14.6. The first-order valence-corrected chi connectivity index (χ1v) is 8.45. The van der Waals surface area contributed by atoms with Crippen LogP contribution in [-0.4, -0.2) is 33.4 Å². The van der Waals surface area contributed by atoms with Crippen molar-refractivity contribution in [3.05, 3.63) is 35.9 Å². The molecular weight excluding hydrogens is 308 g/mol. The van der Waals surface area contributed by atoms with Crippen LogP contribution >= 0.6 is 0 Å². The van der Waals surface area contributed by atoms with Gasteiger partial charge >= 0.3 is 6.03 Å². The lowest BCUT2D eigenvalue weighted by molar-refractivity contribution is 0.108. The molecule has 7 heteroatoms. The number of hydrogen-bond acceptors (Lipinski definition) is 4. The molecule has 24 heavy (non-hydrogen) atoms. The van der Waals surface area contributed by atoms with E-state index in [-0.39, 0.29) is 12.1 Å². The lowest BCUT2D eigenvalue weighted by Gasteiger charge is -2.22. The molecule has 128 valence electrons. The van der Waals surface area contributed by atoms with Gasteiger partial charge in [0.05, 0.1) is 24.8 Å². The molecule has 1 aliphatic heterocycles. The molecule has 4 rings (SSSR count). The molecule has 1 saturated heterocycles. The van der Waals surface area contributed by atoms with E-state index >= 15 is 0 Å². The van der Waals surface area contributed by atoms with Crippen LogP contribution in [0.1, 0.15) is 43.0 Å². The first-order chi connectivity index (χ1) is 11.7. The van der Waals surface area contributed by atoms with Crippen LogP contribution in [0, 0.1) is 0 Å². The number of urea groups is 1. The molecule has 1 aliphatic carbocycles. The molecule has 0 aromatic carbocycles. The van der Waals surface area contributed by atoms with Gasteiger partial charge in [-0.2, -0.15) is 5.10 Å². The minimum atomic E-state index is -0.0967. The summed E-state index contributed by atoms with van der Waals surface area (Å²) in [5.74, 6) is 0.698. The summed E-state index contributed by atoms with van der Waals surface area (Å²) in [6.45, 7) is 1.34. The normalized spacial score (nSPS) is 20.3. The van der Waals surface area contributed by atoms with Gasteiger partial charge in [-0.15, -0.1) is 0 Å². The maximum Gasteiger partial charge on any atom is 0.323 e. The smallest absolute Gasteiger partial charge is 0.323 e. The Kier molecular flexibility index (Phi) is 4.02. The van der Waals surface area contributed by atoms with Gasteiger partial charge in [0.25, 0.3) is 0 Å². The van der Waals surface area contributed by atoms with E-state index in [1.54, 1.807) is 17.2 Å². The highest BCUT2D eigenvalue weighted by Crippen LogP contribution is 2.31. The lowest BCUT2D eigenvalue weighted by atomic mass is 10.2. The molecule has 2 aromatic heterocycles. The molecule has 2 fully saturated rings. The quantitative estimate of drug-likeness (QED) is 0.914. The van der Waals surface area contributed by atoms with Crippen molar-refractivity contribution < 1.29 is 13.9 Å². The van der Waals surface area contributed by atoms with Gasteiger partial charge < -0.3 is 14.1 Å². The molecule has 2 aromatic rings. The van der Waals surface area contributed by atoms with E-state index in [2.05, 4.69) is 10.4 Å². The van der Waals surface area contributed by atoms with Gasteiger partial charge in [-0.3, -0.25) is 10.00 Å². The van der Waals surface area contributed by atoms with Gasteiger partial charge in [0.15, 0.2) is 0 Å². The van der Waals surface area contributed by atoms with E-state index in [4.69, 9.17) is 9.15 Å². The van der Waals surface area contributed by atoms with Crippen molar-refractivity contribution in [2.75, 3.05) is 11.9 Å². The summed E-state index contributed by atoms with van der Waals surface area (Å²) in [6, 6.07) is 4.02. The van der Waals surface area contributed by atoms with Crippen LogP contribution in [0.4, 0.5) is 10.6 Å². The minimum absolute atomic E-state index is 0.0484. The molecule has 0 spiro atoms. The van der Waals surface area contributed by atoms with Crippen molar-refractivity contribution in [2.45, 2.75) is 44.4 Å².